The van der Waals surface area contributed by atoms with Crippen molar-refractivity contribution in [1.82, 2.24) is 0 Å². The Morgan fingerprint density at radius 1 is 1.10 bits per heavy atom. The van der Waals surface area contributed by atoms with Gasteiger partial charge in [-0.1, -0.05) is 49.8 Å². The summed E-state index contributed by atoms with van der Waals surface area (Å²) in [4.78, 5) is 2.30. The van der Waals surface area contributed by atoms with E-state index in [1.807, 2.05) is 0 Å². The van der Waals surface area contributed by atoms with E-state index in [2.05, 4.69) is 68.3 Å². The third-order valence-electron chi connectivity index (χ3n) is 4.41. The zero-order chi connectivity index (χ0) is 14.1. The zero-order valence-electron chi connectivity index (χ0n) is 12.7. The van der Waals surface area contributed by atoms with E-state index in [-0.39, 0.29) is 0 Å². The lowest BCUT2D eigenvalue weighted by molar-refractivity contribution is 0.713. The highest BCUT2D eigenvalue weighted by molar-refractivity contribution is 5.77. The lowest BCUT2D eigenvalue weighted by Gasteiger charge is -2.25. The summed E-state index contributed by atoms with van der Waals surface area (Å²) in [6.45, 7) is 5.57. The number of nitrogens with zero attached hydrogens (tertiary/aromatic N) is 1. The normalized spacial score (nSPS) is 17.9. The van der Waals surface area contributed by atoms with Crippen LogP contribution in [0.3, 0.4) is 0 Å². The SMILES string of the molecule is CC(C)C1=CC=C(c2ccc3c(c2)C=CCN3C)CC1. The predicted molar refractivity (Wildman–Crippen MR) is 88.9 cm³/mol. The third-order valence-corrected chi connectivity index (χ3v) is 4.41. The number of hydrogen-bond acceptors (Lipinski definition) is 1. The van der Waals surface area contributed by atoms with Crippen LogP contribution in [0.5, 0.6) is 0 Å². The van der Waals surface area contributed by atoms with Crippen molar-refractivity contribution >= 4 is 17.3 Å². The summed E-state index contributed by atoms with van der Waals surface area (Å²) >= 11 is 0. The molecular formula is C19H23N. The maximum atomic E-state index is 2.33. The number of benzene rings is 1. The Labute approximate surface area is 122 Å². The van der Waals surface area contributed by atoms with Gasteiger partial charge in [-0.25, -0.2) is 0 Å². The maximum absolute atomic E-state index is 2.33. The summed E-state index contributed by atoms with van der Waals surface area (Å²) in [5.74, 6) is 0.674. The summed E-state index contributed by atoms with van der Waals surface area (Å²) in [7, 11) is 2.15. The number of likely N-dealkylation sites (N-methyl/N-ethyl adjacent to an activating group) is 1. The van der Waals surface area contributed by atoms with Gasteiger partial charge in [0.05, 0.1) is 0 Å². The molecule has 0 radical (unpaired) electrons. The van der Waals surface area contributed by atoms with Crippen molar-refractivity contribution in [3.63, 3.8) is 0 Å². The van der Waals surface area contributed by atoms with Crippen molar-refractivity contribution in [2.45, 2.75) is 26.7 Å². The smallest absolute Gasteiger partial charge is 0.0440 e. The average molecular weight is 265 g/mol. The van der Waals surface area contributed by atoms with Crippen molar-refractivity contribution in [2.24, 2.45) is 5.92 Å². The monoisotopic (exact) mass is 265 g/mol. The van der Waals surface area contributed by atoms with Crippen LogP contribution in [0.15, 0.2) is 42.0 Å². The summed E-state index contributed by atoms with van der Waals surface area (Å²) < 4.78 is 0. The Hall–Kier alpha value is -1.76. The first-order valence-electron chi connectivity index (χ1n) is 7.57. The highest BCUT2D eigenvalue weighted by atomic mass is 15.1. The van der Waals surface area contributed by atoms with Gasteiger partial charge in [-0.2, -0.15) is 0 Å². The maximum Gasteiger partial charge on any atom is 0.0440 e. The minimum atomic E-state index is 0.674. The molecule has 0 saturated heterocycles. The van der Waals surface area contributed by atoms with Gasteiger partial charge in [-0.3, -0.25) is 0 Å². The molecule has 2 aliphatic rings. The van der Waals surface area contributed by atoms with Crippen molar-refractivity contribution in [2.75, 3.05) is 18.5 Å². The van der Waals surface area contributed by atoms with E-state index >= 15 is 0 Å². The number of fused-ring (bicyclic) bond motifs is 1. The molecule has 104 valence electrons. The molecule has 1 heterocycles. The third kappa shape index (κ3) is 2.45. The van der Waals surface area contributed by atoms with Crippen molar-refractivity contribution in [3.8, 4) is 0 Å². The first-order chi connectivity index (χ1) is 9.65. The molecule has 0 saturated carbocycles. The van der Waals surface area contributed by atoms with Crippen molar-refractivity contribution in [1.29, 1.82) is 0 Å². The second-order valence-electron chi connectivity index (χ2n) is 6.14. The van der Waals surface area contributed by atoms with Gasteiger partial charge in [0, 0.05) is 19.3 Å². The fraction of sp³-hybridized carbons (Fsp3) is 0.368. The molecule has 0 atom stereocenters. The first-order valence-corrected chi connectivity index (χ1v) is 7.57. The molecule has 1 nitrogen and oxygen atoms in total. The molecule has 0 fully saturated rings. The van der Waals surface area contributed by atoms with E-state index in [1.54, 1.807) is 5.57 Å². The average Bonchev–Trinajstić information content (AvgIpc) is 2.47. The summed E-state index contributed by atoms with van der Waals surface area (Å²) in [5, 5.41) is 0. The molecule has 0 bridgehead atoms. The molecule has 0 amide bonds. The Morgan fingerprint density at radius 3 is 2.65 bits per heavy atom. The van der Waals surface area contributed by atoms with Crippen LogP contribution in [0.25, 0.3) is 11.6 Å². The van der Waals surface area contributed by atoms with Crippen LogP contribution in [-0.2, 0) is 0 Å². The van der Waals surface area contributed by atoms with Crippen LogP contribution >= 0.6 is 0 Å². The minimum absolute atomic E-state index is 0.674. The van der Waals surface area contributed by atoms with Crippen LogP contribution < -0.4 is 4.90 Å². The molecule has 3 rings (SSSR count). The first kappa shape index (κ1) is 13.2. The number of anilines is 1. The molecular weight excluding hydrogens is 242 g/mol. The molecule has 1 aromatic rings. The Morgan fingerprint density at radius 2 is 1.95 bits per heavy atom. The van der Waals surface area contributed by atoms with Gasteiger partial charge >= 0.3 is 0 Å². The Bertz CT molecular complexity index is 602. The highest BCUT2D eigenvalue weighted by Crippen LogP contribution is 2.33. The molecule has 1 aliphatic carbocycles. The molecule has 1 aromatic carbocycles. The largest absolute Gasteiger partial charge is 0.370 e. The topological polar surface area (TPSA) is 3.24 Å². The lowest BCUT2D eigenvalue weighted by Crippen LogP contribution is -2.20. The summed E-state index contributed by atoms with van der Waals surface area (Å²) in [6.07, 6.45) is 11.5. The molecule has 20 heavy (non-hydrogen) atoms. The summed E-state index contributed by atoms with van der Waals surface area (Å²) in [6, 6.07) is 6.87. The number of hydrogen-bond donors (Lipinski definition) is 0. The van der Waals surface area contributed by atoms with Crippen LogP contribution in [-0.4, -0.2) is 13.6 Å². The fourth-order valence-electron chi connectivity index (χ4n) is 3.05. The standard InChI is InChI=1S/C19H23N/c1-14(2)15-6-8-16(9-7-15)17-10-11-19-18(13-17)5-4-12-20(19)3/h4-6,8,10-11,13-14H,7,9,12H2,1-3H3. The van der Waals surface area contributed by atoms with E-state index in [0.717, 1.165) is 6.54 Å². The second kappa shape index (κ2) is 5.32. The van der Waals surface area contributed by atoms with Crippen LogP contribution in [0.1, 0.15) is 37.8 Å². The second-order valence-corrected chi connectivity index (χ2v) is 6.14. The zero-order valence-corrected chi connectivity index (χ0v) is 12.7. The Balaban J connectivity index is 1.92. The van der Waals surface area contributed by atoms with Gasteiger partial charge < -0.3 is 4.90 Å². The molecule has 0 spiro atoms. The van der Waals surface area contributed by atoms with Gasteiger partial charge in [0.15, 0.2) is 0 Å². The van der Waals surface area contributed by atoms with Gasteiger partial charge in [0.1, 0.15) is 0 Å². The van der Waals surface area contributed by atoms with E-state index in [9.17, 15) is 0 Å². The van der Waals surface area contributed by atoms with Crippen molar-refractivity contribution < 1.29 is 0 Å². The fourth-order valence-corrected chi connectivity index (χ4v) is 3.05. The lowest BCUT2D eigenvalue weighted by atomic mass is 9.88. The quantitative estimate of drug-likeness (QED) is 0.734. The minimum Gasteiger partial charge on any atom is -0.370 e. The van der Waals surface area contributed by atoms with Crippen LogP contribution in [0.4, 0.5) is 5.69 Å². The van der Waals surface area contributed by atoms with Gasteiger partial charge in [0.2, 0.25) is 0 Å². The van der Waals surface area contributed by atoms with E-state index in [1.165, 1.54) is 35.2 Å². The highest BCUT2D eigenvalue weighted by Gasteiger charge is 2.14. The number of allylic oxidation sites excluding steroid dienone is 4. The van der Waals surface area contributed by atoms with Gasteiger partial charge in [0.25, 0.3) is 0 Å². The van der Waals surface area contributed by atoms with E-state index < -0.39 is 0 Å². The Kier molecular flexibility index (Phi) is 3.52. The summed E-state index contributed by atoms with van der Waals surface area (Å²) in [5.41, 5.74) is 7.11. The number of rotatable bonds is 2. The van der Waals surface area contributed by atoms with E-state index in [4.69, 9.17) is 0 Å². The molecule has 0 aromatic heterocycles. The molecule has 1 aliphatic heterocycles. The van der Waals surface area contributed by atoms with Gasteiger partial charge in [-0.05, 0) is 47.6 Å². The van der Waals surface area contributed by atoms with Gasteiger partial charge in [-0.15, -0.1) is 0 Å². The van der Waals surface area contributed by atoms with Crippen LogP contribution in [0.2, 0.25) is 0 Å². The van der Waals surface area contributed by atoms with E-state index in [0.29, 0.717) is 5.92 Å². The molecule has 0 unspecified atom stereocenters. The predicted octanol–water partition coefficient (Wildman–Crippen LogP) is 4.91. The molecule has 1 heteroatoms. The molecule has 0 N–H and O–H groups in total. The van der Waals surface area contributed by atoms with Crippen molar-refractivity contribution in [3.05, 3.63) is 53.1 Å². The van der Waals surface area contributed by atoms with Crippen LogP contribution in [0, 0.1) is 5.92 Å².